The van der Waals surface area contributed by atoms with Crippen molar-refractivity contribution in [3.05, 3.63) is 82.0 Å². The summed E-state index contributed by atoms with van der Waals surface area (Å²) in [6, 6.07) is 13.1. The molecule has 2 fully saturated rings. The molecule has 4 amide bonds. The summed E-state index contributed by atoms with van der Waals surface area (Å²) in [5, 5.41) is 16.1. The number of aromatic nitrogens is 5. The summed E-state index contributed by atoms with van der Waals surface area (Å²) in [6.07, 6.45) is 3.25. The zero-order valence-corrected chi connectivity index (χ0v) is 28.7. The van der Waals surface area contributed by atoms with Gasteiger partial charge in [0.25, 0.3) is 5.91 Å². The number of fused-ring (bicyclic) bond motifs is 2. The number of alkyl halides is 1. The zero-order chi connectivity index (χ0) is 36.7. The number of imide groups is 1. The molecule has 15 nitrogen and oxygen atoms in total. The van der Waals surface area contributed by atoms with Crippen LogP contribution in [0.5, 0.6) is 0 Å². The summed E-state index contributed by atoms with van der Waals surface area (Å²) in [6.45, 7) is 4.18. The van der Waals surface area contributed by atoms with Crippen LogP contribution in [0.1, 0.15) is 64.6 Å². The average Bonchev–Trinajstić information content (AvgIpc) is 3.63. The van der Waals surface area contributed by atoms with Crippen LogP contribution in [0.4, 0.5) is 21.6 Å². The van der Waals surface area contributed by atoms with E-state index in [9.17, 15) is 28.4 Å². The SMILES string of the molecule is C=[N+](C(=O)c1cnc2c(NC)cc(Nc3cccc(C(=O)NCCCCc4ccc5c(c4)n(C)c(=O)n5C4CCC(=O)NC4=O)c3)nn12)[C@@H]1C[C@@H]1F. The fraction of sp³-hybridized carbons (Fsp3) is 0.333. The van der Waals surface area contributed by atoms with E-state index in [2.05, 4.69) is 38.1 Å². The Morgan fingerprint density at radius 3 is 2.65 bits per heavy atom. The maximum atomic E-state index is 13.6. The Morgan fingerprint density at radius 2 is 1.90 bits per heavy atom. The molecular weight excluding hydrogens is 671 g/mol. The second-order valence-corrected chi connectivity index (χ2v) is 13.1. The minimum Gasteiger partial charge on any atom is -0.385 e. The quantitative estimate of drug-likeness (QED) is 0.0657. The Balaban J connectivity index is 0.955. The molecule has 2 aromatic carbocycles. The molecule has 3 aromatic heterocycles. The van der Waals surface area contributed by atoms with Gasteiger partial charge in [-0.25, -0.2) is 19.0 Å². The van der Waals surface area contributed by atoms with Crippen LogP contribution in [0.2, 0.25) is 0 Å². The van der Waals surface area contributed by atoms with E-state index in [-0.39, 0.29) is 42.5 Å². The van der Waals surface area contributed by atoms with Crippen LogP contribution in [-0.4, -0.2) is 84.5 Å². The molecule has 268 valence electrons. The number of carbonyl (C=O) groups excluding carboxylic acids is 4. The number of imidazole rings is 2. The maximum Gasteiger partial charge on any atom is 0.439 e. The predicted molar refractivity (Wildman–Crippen MR) is 191 cm³/mol. The summed E-state index contributed by atoms with van der Waals surface area (Å²) in [7, 11) is 3.39. The first kappa shape index (κ1) is 34.3. The lowest BCUT2D eigenvalue weighted by Gasteiger charge is -2.21. The number of aryl methyl sites for hydroxylation is 2. The number of benzene rings is 2. The minimum absolute atomic E-state index is 0.146. The number of halogens is 1. The van der Waals surface area contributed by atoms with Crippen molar-refractivity contribution >= 4 is 64.2 Å². The van der Waals surface area contributed by atoms with Crippen molar-refractivity contribution in [3.8, 4) is 0 Å². The van der Waals surface area contributed by atoms with Crippen LogP contribution < -0.4 is 27.0 Å². The highest BCUT2D eigenvalue weighted by Crippen LogP contribution is 2.30. The standard InChI is InChI=1S/C36H37FN10O5/c1-38-24-18-30(43-47-29(19-40-32(24)47)35(51)44(2)27-17-23(27)37)41-22-9-6-8-21(16-22)33(49)39-14-5-4-7-20-10-11-25-28(15-20)45(3)36(52)46(25)26-12-13-31(48)42-34(26)50/h6,8-11,15-16,18-19,23,26-27H,2,4-5,7,12-14,17H2,1,3H3,(H3-,38,39,41,42,43,48,49,50)/p+1/t23-,26?,27+/m0/s1. The topological polar surface area (TPSA) is 177 Å². The fourth-order valence-electron chi connectivity index (χ4n) is 6.57. The molecule has 3 atom stereocenters. The van der Waals surface area contributed by atoms with Crippen molar-refractivity contribution in [1.82, 2.24) is 34.4 Å². The van der Waals surface area contributed by atoms with Crippen molar-refractivity contribution in [3.63, 3.8) is 0 Å². The summed E-state index contributed by atoms with van der Waals surface area (Å²) in [5.74, 6) is -1.14. The van der Waals surface area contributed by atoms with Crippen LogP contribution in [0.3, 0.4) is 0 Å². The van der Waals surface area contributed by atoms with E-state index in [4.69, 9.17) is 0 Å². The number of hydrogen-bond acceptors (Lipinski definition) is 9. The molecule has 0 bridgehead atoms. The fourth-order valence-corrected chi connectivity index (χ4v) is 6.57. The average molecular weight is 710 g/mol. The number of carbonyl (C=O) groups is 4. The Hall–Kier alpha value is -6.19. The van der Waals surface area contributed by atoms with Crippen molar-refractivity contribution in [2.24, 2.45) is 7.05 Å². The number of nitrogens with one attached hydrogen (secondary N) is 4. The predicted octanol–water partition coefficient (Wildman–Crippen LogP) is 2.86. The first-order valence-electron chi connectivity index (χ1n) is 17.1. The van der Waals surface area contributed by atoms with Gasteiger partial charge in [-0.1, -0.05) is 12.1 Å². The molecule has 5 aromatic rings. The Labute approximate surface area is 296 Å². The summed E-state index contributed by atoms with van der Waals surface area (Å²) >= 11 is 0. The van der Waals surface area contributed by atoms with E-state index in [0.29, 0.717) is 46.0 Å². The second kappa shape index (κ2) is 13.8. The molecule has 0 radical (unpaired) electrons. The number of nitrogens with zero attached hydrogens (tertiary/aromatic N) is 6. The van der Waals surface area contributed by atoms with E-state index in [1.807, 2.05) is 18.2 Å². The van der Waals surface area contributed by atoms with E-state index >= 15 is 0 Å². The number of anilines is 3. The molecule has 1 saturated carbocycles. The van der Waals surface area contributed by atoms with Gasteiger partial charge in [0.2, 0.25) is 17.5 Å². The van der Waals surface area contributed by atoms with E-state index in [1.165, 1.54) is 19.8 Å². The lowest BCUT2D eigenvalue weighted by atomic mass is 10.0. The molecule has 52 heavy (non-hydrogen) atoms. The Bertz CT molecular complexity index is 2340. The smallest absolute Gasteiger partial charge is 0.385 e. The van der Waals surface area contributed by atoms with Crippen molar-refractivity contribution in [1.29, 1.82) is 0 Å². The van der Waals surface area contributed by atoms with Gasteiger partial charge in [0.15, 0.2) is 23.7 Å². The number of rotatable bonds is 12. The largest absolute Gasteiger partial charge is 0.439 e. The molecule has 1 unspecified atom stereocenters. The summed E-state index contributed by atoms with van der Waals surface area (Å²) in [5.41, 5.74) is 4.27. The van der Waals surface area contributed by atoms with Gasteiger partial charge in [0.1, 0.15) is 12.8 Å². The summed E-state index contributed by atoms with van der Waals surface area (Å²) in [4.78, 5) is 67.6. The van der Waals surface area contributed by atoms with E-state index < -0.39 is 30.1 Å². The molecule has 4 N–H and O–H groups in total. The van der Waals surface area contributed by atoms with Gasteiger partial charge in [-0.2, -0.15) is 9.09 Å². The third-order valence-corrected chi connectivity index (χ3v) is 9.55. The van der Waals surface area contributed by atoms with Gasteiger partial charge < -0.3 is 16.0 Å². The highest BCUT2D eigenvalue weighted by atomic mass is 19.1. The van der Waals surface area contributed by atoms with E-state index in [0.717, 1.165) is 29.4 Å². The minimum atomic E-state index is -1.09. The van der Waals surface area contributed by atoms with Crippen LogP contribution in [-0.2, 0) is 23.1 Å². The maximum absolute atomic E-state index is 13.6. The van der Waals surface area contributed by atoms with Crippen LogP contribution in [0.15, 0.2) is 59.5 Å². The molecule has 1 aliphatic heterocycles. The first-order chi connectivity index (χ1) is 25.0. The highest BCUT2D eigenvalue weighted by Gasteiger charge is 2.50. The van der Waals surface area contributed by atoms with Gasteiger partial charge >= 0.3 is 11.6 Å². The molecule has 1 aliphatic carbocycles. The third-order valence-electron chi connectivity index (χ3n) is 9.55. The van der Waals surface area contributed by atoms with Gasteiger partial charge in [0, 0.05) is 44.4 Å². The van der Waals surface area contributed by atoms with Crippen LogP contribution in [0, 0.1) is 0 Å². The third kappa shape index (κ3) is 6.54. The first-order valence-corrected chi connectivity index (χ1v) is 17.1. The van der Waals surface area contributed by atoms with Gasteiger partial charge in [-0.05, 0) is 61.6 Å². The van der Waals surface area contributed by atoms with Crippen LogP contribution in [0.25, 0.3) is 16.7 Å². The van der Waals surface area contributed by atoms with Crippen molar-refractivity contribution in [2.75, 3.05) is 24.2 Å². The Morgan fingerprint density at radius 1 is 1.10 bits per heavy atom. The molecule has 7 rings (SSSR count). The highest BCUT2D eigenvalue weighted by molar-refractivity contribution is 6.00. The van der Waals surface area contributed by atoms with Crippen molar-refractivity contribution in [2.45, 2.75) is 56.8 Å². The van der Waals surface area contributed by atoms with Gasteiger partial charge in [0.05, 0.1) is 29.3 Å². The zero-order valence-electron chi connectivity index (χ0n) is 28.7. The van der Waals surface area contributed by atoms with Crippen LogP contribution >= 0.6 is 0 Å². The molecule has 1 saturated heterocycles. The molecule has 16 heteroatoms. The molecule has 0 spiro atoms. The second-order valence-electron chi connectivity index (χ2n) is 13.1. The van der Waals surface area contributed by atoms with E-state index in [1.54, 1.807) is 44.4 Å². The van der Waals surface area contributed by atoms with Crippen molar-refractivity contribution < 1.29 is 28.1 Å². The van der Waals surface area contributed by atoms with Gasteiger partial charge in [-0.3, -0.25) is 28.8 Å². The lowest BCUT2D eigenvalue weighted by molar-refractivity contribution is -0.438. The number of piperidine rings is 1. The number of amides is 4. The lowest BCUT2D eigenvalue weighted by Crippen LogP contribution is -2.44. The number of hydrogen-bond donors (Lipinski definition) is 4. The van der Waals surface area contributed by atoms with Gasteiger partial charge in [-0.15, -0.1) is 5.10 Å². The molecule has 4 heterocycles. The normalized spacial score (nSPS) is 18.3. The number of unbranched alkanes of at least 4 members (excludes halogenated alkanes) is 1. The molecule has 2 aliphatic rings. The monoisotopic (exact) mass is 709 g/mol. The summed E-state index contributed by atoms with van der Waals surface area (Å²) < 4.78 is 19.1. The molecular formula is C36H38FN10O5+. The Kier molecular flexibility index (Phi) is 9.13.